The van der Waals surface area contributed by atoms with Gasteiger partial charge in [-0.3, -0.25) is 14.5 Å². The first kappa shape index (κ1) is 18.9. The predicted molar refractivity (Wildman–Crippen MR) is 102 cm³/mol. The molecule has 9 heteroatoms. The van der Waals surface area contributed by atoms with Crippen LogP contribution in [0.25, 0.3) is 0 Å². The molecule has 9 nitrogen and oxygen atoms in total. The van der Waals surface area contributed by atoms with Crippen molar-refractivity contribution in [2.24, 2.45) is 34.7 Å². The molecule has 6 atom stereocenters. The molecule has 0 spiro atoms. The zero-order valence-electron chi connectivity index (χ0n) is 16.6. The van der Waals surface area contributed by atoms with Gasteiger partial charge in [-0.2, -0.15) is 0 Å². The zero-order valence-corrected chi connectivity index (χ0v) is 16.6. The van der Waals surface area contributed by atoms with Crippen LogP contribution in [0.15, 0.2) is 23.4 Å². The normalized spacial score (nSPS) is 33.3. The molecular weight excluding hydrogens is 392 g/mol. The number of methoxy groups -OCH3 is 2. The molecular formula is C21H22N2O7. The first-order chi connectivity index (χ1) is 14.5. The Morgan fingerprint density at radius 3 is 2.50 bits per heavy atom. The maximum Gasteiger partial charge on any atom is 0.354 e. The van der Waals surface area contributed by atoms with E-state index >= 15 is 0 Å². The quantitative estimate of drug-likeness (QED) is 0.689. The zero-order chi connectivity index (χ0) is 21.2. The number of benzene rings is 1. The standard InChI is InChI=1S/C21H22N2O7/c1-28-12-4-3-9(7-13(12)29-2)5-6-23-19(24)14-10-8-11(15(14)20(23)25)18-16(10)17(21(26)27)22-30-18/h3-4,7,10-11,14-16,18H,5-6,8H2,1-2H3,(H,26,27)/t10-,11-,14-,15-,16-,18+/m0/s1. The number of aliphatic carboxylic acids is 1. The molecule has 2 heterocycles. The predicted octanol–water partition coefficient (Wildman–Crippen LogP) is 0.953. The van der Waals surface area contributed by atoms with Crippen LogP contribution in [0.2, 0.25) is 0 Å². The van der Waals surface area contributed by atoms with Crippen molar-refractivity contribution in [1.29, 1.82) is 0 Å². The molecule has 5 rings (SSSR count). The third kappa shape index (κ3) is 2.47. The van der Waals surface area contributed by atoms with Crippen molar-refractivity contribution >= 4 is 23.5 Å². The summed E-state index contributed by atoms with van der Waals surface area (Å²) in [5.41, 5.74) is 0.906. The first-order valence-corrected chi connectivity index (χ1v) is 9.99. The van der Waals surface area contributed by atoms with Gasteiger partial charge in [-0.25, -0.2) is 4.79 Å². The summed E-state index contributed by atoms with van der Waals surface area (Å²) in [7, 11) is 3.12. The molecule has 0 aromatic heterocycles. The number of carbonyl (C=O) groups is 3. The summed E-state index contributed by atoms with van der Waals surface area (Å²) in [6.07, 6.45) is 0.723. The van der Waals surface area contributed by atoms with Gasteiger partial charge in [-0.05, 0) is 36.5 Å². The minimum atomic E-state index is -1.12. The molecule has 1 aromatic rings. The lowest BCUT2D eigenvalue weighted by Gasteiger charge is -2.29. The highest BCUT2D eigenvalue weighted by atomic mass is 16.6. The lowest BCUT2D eigenvalue weighted by molar-refractivity contribution is -0.141. The summed E-state index contributed by atoms with van der Waals surface area (Å²) in [6, 6.07) is 5.51. The summed E-state index contributed by atoms with van der Waals surface area (Å²) < 4.78 is 10.6. The number of imide groups is 1. The van der Waals surface area contributed by atoms with Gasteiger partial charge in [0.15, 0.2) is 17.2 Å². The molecule has 1 aromatic carbocycles. The molecule has 0 radical (unpaired) electrons. The minimum absolute atomic E-state index is 0.0185. The van der Waals surface area contributed by atoms with E-state index in [-0.39, 0.29) is 35.9 Å². The van der Waals surface area contributed by atoms with Crippen molar-refractivity contribution in [2.45, 2.75) is 18.9 Å². The minimum Gasteiger partial charge on any atom is -0.493 e. The van der Waals surface area contributed by atoms with Gasteiger partial charge in [0.1, 0.15) is 6.10 Å². The molecule has 0 unspecified atom stereocenters. The van der Waals surface area contributed by atoms with Crippen LogP contribution in [-0.2, 0) is 25.6 Å². The van der Waals surface area contributed by atoms with E-state index in [2.05, 4.69) is 5.16 Å². The Kier molecular flexibility index (Phi) is 4.23. The van der Waals surface area contributed by atoms with E-state index in [0.717, 1.165) is 5.56 Å². The number of likely N-dealkylation sites (tertiary alicyclic amines) is 1. The molecule has 158 valence electrons. The van der Waals surface area contributed by atoms with Crippen molar-refractivity contribution in [3.8, 4) is 11.5 Å². The van der Waals surface area contributed by atoms with E-state index in [0.29, 0.717) is 24.3 Å². The molecule has 4 aliphatic rings. The second kappa shape index (κ2) is 6.72. The van der Waals surface area contributed by atoms with Crippen LogP contribution < -0.4 is 9.47 Å². The summed E-state index contributed by atoms with van der Waals surface area (Å²) in [4.78, 5) is 44.4. The van der Waals surface area contributed by atoms with E-state index in [1.54, 1.807) is 20.3 Å². The molecule has 2 saturated carbocycles. The number of amides is 2. The van der Waals surface area contributed by atoms with Gasteiger partial charge in [0, 0.05) is 12.5 Å². The second-order valence-electron chi connectivity index (χ2n) is 8.26. The largest absolute Gasteiger partial charge is 0.493 e. The second-order valence-corrected chi connectivity index (χ2v) is 8.26. The maximum atomic E-state index is 13.1. The Bertz CT molecular complexity index is 974. The molecule has 1 N–H and O–H groups in total. The van der Waals surface area contributed by atoms with Gasteiger partial charge in [-0.15, -0.1) is 0 Å². The number of hydrogen-bond donors (Lipinski definition) is 1. The molecule has 2 aliphatic carbocycles. The number of carboxylic acids is 1. The molecule has 3 fully saturated rings. The van der Waals surface area contributed by atoms with E-state index in [4.69, 9.17) is 14.3 Å². The van der Waals surface area contributed by atoms with Crippen LogP contribution in [0, 0.1) is 29.6 Å². The molecule has 30 heavy (non-hydrogen) atoms. The van der Waals surface area contributed by atoms with E-state index in [1.807, 2.05) is 12.1 Å². The van der Waals surface area contributed by atoms with Crippen LogP contribution in [0.3, 0.4) is 0 Å². The summed E-state index contributed by atoms with van der Waals surface area (Å²) in [6.45, 7) is 0.273. The first-order valence-electron chi connectivity index (χ1n) is 9.99. The fourth-order valence-corrected chi connectivity index (χ4v) is 5.86. The highest BCUT2D eigenvalue weighted by Gasteiger charge is 2.70. The third-order valence-corrected chi connectivity index (χ3v) is 7.07. The Hall–Kier alpha value is -3.10. The number of rotatable bonds is 6. The number of oxime groups is 1. The number of ether oxygens (including phenoxy) is 2. The van der Waals surface area contributed by atoms with Gasteiger partial charge in [0.25, 0.3) is 0 Å². The van der Waals surface area contributed by atoms with Gasteiger partial charge >= 0.3 is 5.97 Å². The summed E-state index contributed by atoms with van der Waals surface area (Å²) in [5, 5.41) is 13.1. The van der Waals surface area contributed by atoms with Crippen molar-refractivity contribution in [3.05, 3.63) is 23.8 Å². The van der Waals surface area contributed by atoms with Gasteiger partial charge < -0.3 is 19.4 Å². The summed E-state index contributed by atoms with van der Waals surface area (Å²) >= 11 is 0. The average molecular weight is 414 g/mol. The highest BCUT2D eigenvalue weighted by molar-refractivity contribution is 6.37. The summed E-state index contributed by atoms with van der Waals surface area (Å²) in [5.74, 6) is -1.96. The topological polar surface area (TPSA) is 115 Å². The van der Waals surface area contributed by atoms with Crippen molar-refractivity contribution in [3.63, 3.8) is 0 Å². The highest BCUT2D eigenvalue weighted by Crippen LogP contribution is 2.61. The van der Waals surface area contributed by atoms with Crippen LogP contribution in [0.5, 0.6) is 11.5 Å². The lowest BCUT2D eigenvalue weighted by Crippen LogP contribution is -2.42. The van der Waals surface area contributed by atoms with Crippen molar-refractivity contribution < 1.29 is 33.8 Å². The fourth-order valence-electron chi connectivity index (χ4n) is 5.86. The average Bonchev–Trinajstić information content (AvgIpc) is 3.47. The van der Waals surface area contributed by atoms with Crippen molar-refractivity contribution in [1.82, 2.24) is 4.90 Å². The van der Waals surface area contributed by atoms with Gasteiger partial charge in [0.2, 0.25) is 11.8 Å². The monoisotopic (exact) mass is 414 g/mol. The van der Waals surface area contributed by atoms with Crippen LogP contribution >= 0.6 is 0 Å². The SMILES string of the molecule is COc1ccc(CCN2C(=O)[C@H]3[C@@H]4C[C@H]([C@H]5C(C(=O)O)=NO[C@H]45)[C@@H]3C2=O)cc1OC. The van der Waals surface area contributed by atoms with Crippen molar-refractivity contribution in [2.75, 3.05) is 20.8 Å². The van der Waals surface area contributed by atoms with Gasteiger partial charge in [0.05, 0.1) is 32.0 Å². The Morgan fingerprint density at radius 2 is 1.83 bits per heavy atom. The Morgan fingerprint density at radius 1 is 1.13 bits per heavy atom. The number of fused-ring (bicyclic) bond motifs is 8. The molecule has 1 saturated heterocycles. The molecule has 2 aliphatic heterocycles. The number of nitrogens with zero attached hydrogens (tertiary/aromatic N) is 2. The fraction of sp³-hybridized carbons (Fsp3) is 0.524. The smallest absolute Gasteiger partial charge is 0.354 e. The van der Waals surface area contributed by atoms with Crippen LogP contribution in [0.1, 0.15) is 12.0 Å². The Balaban J connectivity index is 1.33. The number of hydrogen-bond acceptors (Lipinski definition) is 7. The van der Waals surface area contributed by atoms with E-state index in [1.165, 1.54) is 4.90 Å². The van der Waals surface area contributed by atoms with E-state index in [9.17, 15) is 19.5 Å². The third-order valence-electron chi connectivity index (χ3n) is 7.07. The number of carbonyl (C=O) groups excluding carboxylic acids is 2. The maximum absolute atomic E-state index is 13.1. The van der Waals surface area contributed by atoms with Crippen LogP contribution in [-0.4, -0.2) is 60.4 Å². The van der Waals surface area contributed by atoms with E-state index < -0.39 is 29.8 Å². The number of carboxylic acid groups (broad SMARTS) is 1. The Labute approximate surface area is 172 Å². The van der Waals surface area contributed by atoms with Gasteiger partial charge in [-0.1, -0.05) is 11.2 Å². The van der Waals surface area contributed by atoms with Crippen LogP contribution in [0.4, 0.5) is 0 Å². The molecule has 2 amide bonds. The molecule has 2 bridgehead atoms. The lowest BCUT2D eigenvalue weighted by atomic mass is 9.72.